The first-order chi connectivity index (χ1) is 16.6. The molecule has 4 rings (SSSR count). The predicted molar refractivity (Wildman–Crippen MR) is 132 cm³/mol. The van der Waals surface area contributed by atoms with Crippen molar-refractivity contribution in [1.29, 1.82) is 0 Å². The zero-order valence-corrected chi connectivity index (χ0v) is 19.2. The number of benzene rings is 4. The molecule has 0 aliphatic heterocycles. The molecule has 0 spiro atoms. The van der Waals surface area contributed by atoms with Crippen LogP contribution in [0.1, 0.15) is 18.1 Å². The van der Waals surface area contributed by atoms with Crippen molar-refractivity contribution in [3.63, 3.8) is 0 Å². The van der Waals surface area contributed by atoms with Gasteiger partial charge in [0.05, 0.1) is 0 Å². The number of hydrogen-bond acceptors (Lipinski definition) is 4. The van der Waals surface area contributed by atoms with E-state index in [0.29, 0.717) is 16.9 Å². The fraction of sp³-hybridized carbons (Fsp3) is 0.107. The summed E-state index contributed by atoms with van der Waals surface area (Å²) >= 11 is 1.25. The molecule has 0 bridgehead atoms. The molecule has 6 heteroatoms. The van der Waals surface area contributed by atoms with Gasteiger partial charge in [0.15, 0.2) is 4.75 Å². The minimum absolute atomic E-state index is 0.283. The summed E-state index contributed by atoms with van der Waals surface area (Å²) in [5, 5.41) is 11.6. The number of rotatable bonds is 7. The maximum Gasteiger partial charge on any atom is 0.269 e. The van der Waals surface area contributed by atoms with E-state index in [2.05, 4.69) is 11.8 Å². The number of amides is 1. The average Bonchev–Trinajstić information content (AvgIpc) is 2.88. The summed E-state index contributed by atoms with van der Waals surface area (Å²) in [5.41, 5.74) is 3.06. The summed E-state index contributed by atoms with van der Waals surface area (Å²) in [6.07, 6.45) is 0. The first-order valence-electron chi connectivity index (χ1n) is 10.6. The summed E-state index contributed by atoms with van der Waals surface area (Å²) in [7, 11) is 0. The number of fused-ring (bicyclic) bond motifs is 1. The number of carbonyl (C=O) groups is 1. The van der Waals surface area contributed by atoms with E-state index in [1.54, 1.807) is 31.2 Å². The van der Waals surface area contributed by atoms with Gasteiger partial charge in [-0.15, -0.1) is 5.92 Å². The molecule has 170 valence electrons. The van der Waals surface area contributed by atoms with Gasteiger partial charge in [0.25, 0.3) is 5.91 Å². The Morgan fingerprint density at radius 1 is 1.00 bits per heavy atom. The number of ether oxygens (including phenoxy) is 1. The fourth-order valence-corrected chi connectivity index (χ4v) is 5.14. The van der Waals surface area contributed by atoms with Crippen LogP contribution in [0.2, 0.25) is 0 Å². The lowest BCUT2D eigenvalue weighted by Crippen LogP contribution is -2.42. The summed E-state index contributed by atoms with van der Waals surface area (Å²) in [5.74, 6) is 5.22. The maximum atomic E-state index is 13.8. The van der Waals surface area contributed by atoms with Gasteiger partial charge >= 0.3 is 0 Å². The van der Waals surface area contributed by atoms with E-state index in [1.807, 2.05) is 60.1 Å². The lowest BCUT2D eigenvalue weighted by atomic mass is 9.86. The molecular weight excluding hydrogens is 449 g/mol. The quantitative estimate of drug-likeness (QED) is 0.152. The molecule has 0 heterocycles. The lowest BCUT2D eigenvalue weighted by molar-refractivity contribution is -0.130. The Kier molecular flexibility index (Phi) is 7.17. The Bertz CT molecular complexity index is 1360. The van der Waals surface area contributed by atoms with Crippen molar-refractivity contribution in [3.05, 3.63) is 108 Å². The van der Waals surface area contributed by atoms with Crippen LogP contribution in [0, 0.1) is 17.7 Å². The number of hydrogen-bond donors (Lipinski definition) is 2. The van der Waals surface area contributed by atoms with Crippen LogP contribution in [-0.4, -0.2) is 17.7 Å². The lowest BCUT2D eigenvalue weighted by Gasteiger charge is -2.33. The Morgan fingerprint density at radius 3 is 2.41 bits per heavy atom. The predicted octanol–water partition coefficient (Wildman–Crippen LogP) is 5.92. The third-order valence-electron chi connectivity index (χ3n) is 5.42. The molecule has 1 atom stereocenters. The van der Waals surface area contributed by atoms with Crippen LogP contribution in [0.25, 0.3) is 10.8 Å². The maximum absolute atomic E-state index is 13.8. The molecule has 4 aromatic carbocycles. The second kappa shape index (κ2) is 10.4. The first kappa shape index (κ1) is 23.4. The Hall–Kier alpha value is -3.79. The second-order valence-electron chi connectivity index (χ2n) is 7.44. The third kappa shape index (κ3) is 4.62. The normalized spacial score (nSPS) is 12.3. The molecule has 2 N–H and O–H groups in total. The molecule has 0 aliphatic rings. The van der Waals surface area contributed by atoms with Crippen LogP contribution in [0.3, 0.4) is 0 Å². The average molecular weight is 472 g/mol. The van der Waals surface area contributed by atoms with E-state index in [0.717, 1.165) is 15.7 Å². The van der Waals surface area contributed by atoms with Crippen LogP contribution >= 0.6 is 11.8 Å². The number of carbonyl (C=O) groups excluding carboxylic acids is 1. The third-order valence-corrected chi connectivity index (χ3v) is 6.88. The van der Waals surface area contributed by atoms with Crippen LogP contribution in [0.5, 0.6) is 5.75 Å². The Morgan fingerprint density at radius 2 is 1.71 bits per heavy atom. The van der Waals surface area contributed by atoms with E-state index in [9.17, 15) is 14.4 Å². The van der Waals surface area contributed by atoms with Crippen molar-refractivity contribution in [2.75, 3.05) is 6.61 Å². The molecule has 1 unspecified atom stereocenters. The molecular formula is C28H22FNO3S. The zero-order valence-electron chi connectivity index (χ0n) is 18.4. The highest BCUT2D eigenvalue weighted by Crippen LogP contribution is 2.49. The van der Waals surface area contributed by atoms with Gasteiger partial charge in [-0.05, 0) is 65.2 Å². The summed E-state index contributed by atoms with van der Waals surface area (Å²) in [6, 6.07) is 26.4. The van der Waals surface area contributed by atoms with Crippen molar-refractivity contribution in [3.8, 4) is 17.6 Å². The molecule has 0 aliphatic carbocycles. The van der Waals surface area contributed by atoms with E-state index >= 15 is 0 Å². The molecule has 0 saturated heterocycles. The Balaban J connectivity index is 1.89. The summed E-state index contributed by atoms with van der Waals surface area (Å²) in [4.78, 5) is 14.3. The molecule has 0 saturated carbocycles. The largest absolute Gasteiger partial charge is 0.481 e. The van der Waals surface area contributed by atoms with E-state index < -0.39 is 16.5 Å². The molecule has 1 amide bonds. The van der Waals surface area contributed by atoms with E-state index in [4.69, 9.17) is 4.74 Å². The van der Waals surface area contributed by atoms with E-state index in [-0.39, 0.29) is 6.61 Å². The molecule has 0 radical (unpaired) electrons. The van der Waals surface area contributed by atoms with Crippen molar-refractivity contribution >= 4 is 28.4 Å². The van der Waals surface area contributed by atoms with Gasteiger partial charge in [-0.3, -0.25) is 10.0 Å². The molecule has 0 fully saturated rings. The van der Waals surface area contributed by atoms with Gasteiger partial charge in [0.1, 0.15) is 18.2 Å². The monoisotopic (exact) mass is 471 g/mol. The number of halogens is 1. The van der Waals surface area contributed by atoms with Crippen LogP contribution in [-0.2, 0) is 9.54 Å². The van der Waals surface area contributed by atoms with Crippen molar-refractivity contribution in [2.45, 2.75) is 16.6 Å². The van der Waals surface area contributed by atoms with Gasteiger partial charge in [-0.1, -0.05) is 72.3 Å². The minimum Gasteiger partial charge on any atom is -0.481 e. The summed E-state index contributed by atoms with van der Waals surface area (Å²) < 4.78 is 18.0. The molecule has 0 aromatic heterocycles. The van der Waals surface area contributed by atoms with E-state index in [1.165, 1.54) is 23.9 Å². The number of hydroxylamine groups is 1. The topological polar surface area (TPSA) is 58.6 Å². The molecule has 34 heavy (non-hydrogen) atoms. The van der Waals surface area contributed by atoms with Gasteiger partial charge in [0.2, 0.25) is 0 Å². The van der Waals surface area contributed by atoms with Crippen LogP contribution < -0.4 is 10.2 Å². The second-order valence-corrected chi connectivity index (χ2v) is 8.73. The number of thioether (sulfide) groups is 1. The van der Waals surface area contributed by atoms with Crippen molar-refractivity contribution in [1.82, 2.24) is 5.48 Å². The SMILES string of the molecule is CC#CCOc1ccc(SC(C(=O)NO)(c2ccc(F)cc2)c2cccc3ccccc23)cc1. The van der Waals surface area contributed by atoms with Crippen molar-refractivity contribution < 1.29 is 19.1 Å². The molecule has 4 nitrogen and oxygen atoms in total. The van der Waals surface area contributed by atoms with Crippen molar-refractivity contribution in [2.24, 2.45) is 0 Å². The Labute approximate surface area is 201 Å². The standard InChI is InChI=1S/C28H22FNO3S/c1-2-3-19-33-23-15-17-24(18-16-23)34-28(27(31)30-32,21-11-13-22(29)14-12-21)26-10-6-8-20-7-4-5-9-25(20)26/h4-18,32H,19H2,1H3,(H,30,31). The highest BCUT2D eigenvalue weighted by molar-refractivity contribution is 8.01. The molecule has 4 aromatic rings. The first-order valence-corrected chi connectivity index (χ1v) is 11.4. The van der Waals surface area contributed by atoms with Gasteiger partial charge in [0, 0.05) is 4.90 Å². The smallest absolute Gasteiger partial charge is 0.269 e. The number of nitrogens with one attached hydrogen (secondary N) is 1. The summed E-state index contributed by atoms with van der Waals surface area (Å²) in [6.45, 7) is 2.03. The van der Waals surface area contributed by atoms with Crippen LogP contribution in [0.15, 0.2) is 95.9 Å². The van der Waals surface area contributed by atoms with Crippen LogP contribution in [0.4, 0.5) is 4.39 Å². The highest BCUT2D eigenvalue weighted by Gasteiger charge is 2.44. The van der Waals surface area contributed by atoms with Gasteiger partial charge in [-0.25, -0.2) is 9.87 Å². The minimum atomic E-state index is -1.40. The van der Waals surface area contributed by atoms with Gasteiger partial charge in [-0.2, -0.15) is 0 Å². The van der Waals surface area contributed by atoms with Gasteiger partial charge < -0.3 is 4.74 Å². The zero-order chi connectivity index (χ0) is 24.0. The fourth-order valence-electron chi connectivity index (χ4n) is 3.84. The highest BCUT2D eigenvalue weighted by atomic mass is 32.2.